The van der Waals surface area contributed by atoms with Gasteiger partial charge in [-0.1, -0.05) is 0 Å². The zero-order valence-electron chi connectivity index (χ0n) is 12.1. The zero-order chi connectivity index (χ0) is 15.6. The van der Waals surface area contributed by atoms with Crippen molar-refractivity contribution in [1.82, 2.24) is 4.98 Å². The summed E-state index contributed by atoms with van der Waals surface area (Å²) in [4.78, 5) is 29.0. The number of carbonyl (C=O) groups excluding carboxylic acids is 1. The van der Waals surface area contributed by atoms with E-state index >= 15 is 0 Å². The molecule has 0 spiro atoms. The van der Waals surface area contributed by atoms with Crippen LogP contribution in [0.3, 0.4) is 0 Å². The van der Waals surface area contributed by atoms with E-state index in [2.05, 4.69) is 4.98 Å². The molecule has 21 heavy (non-hydrogen) atoms. The monoisotopic (exact) mass is 293 g/mol. The normalized spacial score (nSPS) is 18.6. The van der Waals surface area contributed by atoms with Crippen molar-refractivity contribution in [3.05, 3.63) is 22.9 Å². The van der Waals surface area contributed by atoms with Gasteiger partial charge in [-0.05, 0) is 25.5 Å². The molecule has 1 aliphatic rings. The molecule has 114 valence electrons. The molecule has 1 unspecified atom stereocenters. The number of nitrogens with zero attached hydrogens (tertiary/aromatic N) is 2. The Hall–Kier alpha value is -2.15. The van der Waals surface area contributed by atoms with Gasteiger partial charge in [0.2, 0.25) is 0 Å². The summed E-state index contributed by atoms with van der Waals surface area (Å²) < 4.78 is 5.35. The van der Waals surface area contributed by atoms with E-state index in [0.29, 0.717) is 31.1 Å². The van der Waals surface area contributed by atoms with Gasteiger partial charge in [-0.3, -0.25) is 9.59 Å². The molecular weight excluding hydrogens is 274 g/mol. The number of aliphatic carboxylic acids is 1. The Kier molecular flexibility index (Phi) is 4.42. The average Bonchev–Trinajstić information content (AvgIpc) is 2.37. The molecule has 0 aliphatic carbocycles. The summed E-state index contributed by atoms with van der Waals surface area (Å²) >= 11 is 0. The van der Waals surface area contributed by atoms with Crippen molar-refractivity contribution in [3.8, 4) is 0 Å². The molecule has 2 rings (SSSR count). The molecule has 7 heteroatoms. The van der Waals surface area contributed by atoms with E-state index in [1.54, 1.807) is 13.0 Å². The molecule has 2 heterocycles. The van der Waals surface area contributed by atoms with E-state index < -0.39 is 11.9 Å². The number of carboxylic acid groups (broad SMARTS) is 1. The molecule has 1 aromatic rings. The van der Waals surface area contributed by atoms with Gasteiger partial charge in [0, 0.05) is 12.2 Å². The summed E-state index contributed by atoms with van der Waals surface area (Å²) in [6.45, 7) is 4.86. The molecule has 0 bridgehead atoms. The van der Waals surface area contributed by atoms with Gasteiger partial charge < -0.3 is 20.5 Å². The van der Waals surface area contributed by atoms with E-state index in [1.807, 2.05) is 11.8 Å². The largest absolute Gasteiger partial charge is 0.481 e. The number of anilines is 1. The molecule has 1 atom stereocenters. The van der Waals surface area contributed by atoms with Crippen molar-refractivity contribution in [3.63, 3.8) is 0 Å². The molecule has 1 aromatic heterocycles. The van der Waals surface area contributed by atoms with Gasteiger partial charge >= 0.3 is 5.97 Å². The number of rotatable bonds is 4. The number of aryl methyl sites for hydroxylation is 2. The fourth-order valence-electron chi connectivity index (χ4n) is 2.63. The van der Waals surface area contributed by atoms with E-state index in [-0.39, 0.29) is 12.5 Å². The highest BCUT2D eigenvalue weighted by atomic mass is 16.5. The molecule has 0 radical (unpaired) electrons. The van der Waals surface area contributed by atoms with Gasteiger partial charge in [0.1, 0.15) is 5.82 Å². The second kappa shape index (κ2) is 6.09. The van der Waals surface area contributed by atoms with Crippen LogP contribution in [0.1, 0.15) is 28.0 Å². The van der Waals surface area contributed by atoms with Gasteiger partial charge in [-0.15, -0.1) is 0 Å². The number of ether oxygens (including phenoxy) is 1. The highest BCUT2D eigenvalue weighted by Gasteiger charge is 2.30. The fraction of sp³-hybridized carbons (Fsp3) is 0.500. The van der Waals surface area contributed by atoms with Crippen molar-refractivity contribution >= 4 is 17.7 Å². The van der Waals surface area contributed by atoms with E-state index in [0.717, 1.165) is 11.3 Å². The number of carbonyl (C=O) groups is 2. The summed E-state index contributed by atoms with van der Waals surface area (Å²) in [6.07, 6.45) is -0.0765. The number of aromatic nitrogens is 1. The first-order valence-corrected chi connectivity index (χ1v) is 6.74. The summed E-state index contributed by atoms with van der Waals surface area (Å²) in [5.41, 5.74) is 7.31. The molecule has 3 N–H and O–H groups in total. The van der Waals surface area contributed by atoms with E-state index in [1.165, 1.54) is 0 Å². The summed E-state index contributed by atoms with van der Waals surface area (Å²) in [6, 6.07) is 1.43. The SMILES string of the molecule is Cc1cc(C)c(C(N)=O)c(N2CCOCC2CC(=O)O)n1. The zero-order valence-corrected chi connectivity index (χ0v) is 12.1. The van der Waals surface area contributed by atoms with Crippen LogP contribution in [0.2, 0.25) is 0 Å². The molecule has 1 amide bonds. The van der Waals surface area contributed by atoms with E-state index in [4.69, 9.17) is 15.6 Å². The topological polar surface area (TPSA) is 106 Å². The van der Waals surface area contributed by atoms with Gasteiger partial charge in [0.05, 0.1) is 31.2 Å². The van der Waals surface area contributed by atoms with Crippen LogP contribution in [-0.4, -0.2) is 47.8 Å². The smallest absolute Gasteiger partial charge is 0.305 e. The highest BCUT2D eigenvalue weighted by Crippen LogP contribution is 2.26. The van der Waals surface area contributed by atoms with Gasteiger partial charge in [-0.25, -0.2) is 4.98 Å². The van der Waals surface area contributed by atoms with Crippen LogP contribution in [0.25, 0.3) is 0 Å². The average molecular weight is 293 g/mol. The predicted octanol–water partition coefficient (Wildman–Crippen LogP) is 0.477. The number of morpholine rings is 1. The lowest BCUT2D eigenvalue weighted by molar-refractivity contribution is -0.138. The first-order chi connectivity index (χ1) is 9.90. The maximum Gasteiger partial charge on any atom is 0.305 e. The Labute approximate surface area is 122 Å². The Morgan fingerprint density at radius 1 is 1.52 bits per heavy atom. The molecular formula is C14H19N3O4. The van der Waals surface area contributed by atoms with Crippen LogP contribution in [0.15, 0.2) is 6.07 Å². The fourth-order valence-corrected chi connectivity index (χ4v) is 2.63. The predicted molar refractivity (Wildman–Crippen MR) is 76.4 cm³/mol. The minimum absolute atomic E-state index is 0.0765. The molecule has 7 nitrogen and oxygen atoms in total. The maximum atomic E-state index is 11.7. The highest BCUT2D eigenvalue weighted by molar-refractivity contribution is 5.99. The number of carboxylic acids is 1. The second-order valence-corrected chi connectivity index (χ2v) is 5.16. The molecule has 1 aliphatic heterocycles. The van der Waals surface area contributed by atoms with Crippen LogP contribution >= 0.6 is 0 Å². The number of pyridine rings is 1. The quantitative estimate of drug-likeness (QED) is 0.836. The van der Waals surface area contributed by atoms with Crippen LogP contribution in [-0.2, 0) is 9.53 Å². The standard InChI is InChI=1S/C14H19N3O4/c1-8-5-9(2)16-14(12(8)13(15)20)17-3-4-21-7-10(17)6-11(18)19/h5,10H,3-4,6-7H2,1-2H3,(H2,15,20)(H,18,19). The first-order valence-electron chi connectivity index (χ1n) is 6.74. The van der Waals surface area contributed by atoms with Crippen molar-refractivity contribution in [2.75, 3.05) is 24.7 Å². The third-order valence-electron chi connectivity index (χ3n) is 3.48. The summed E-state index contributed by atoms with van der Waals surface area (Å²) in [5.74, 6) is -1.02. The third-order valence-corrected chi connectivity index (χ3v) is 3.48. The van der Waals surface area contributed by atoms with Crippen molar-refractivity contribution in [1.29, 1.82) is 0 Å². The Balaban J connectivity index is 2.46. The second-order valence-electron chi connectivity index (χ2n) is 5.16. The lowest BCUT2D eigenvalue weighted by atomic mass is 10.1. The number of amides is 1. The first kappa shape index (κ1) is 15.2. The molecule has 0 saturated carbocycles. The minimum atomic E-state index is -0.916. The van der Waals surface area contributed by atoms with Crippen LogP contribution in [0, 0.1) is 13.8 Å². The number of hydrogen-bond acceptors (Lipinski definition) is 5. The third kappa shape index (κ3) is 3.30. The number of hydrogen-bond donors (Lipinski definition) is 2. The summed E-state index contributed by atoms with van der Waals surface area (Å²) in [5, 5.41) is 9.02. The summed E-state index contributed by atoms with van der Waals surface area (Å²) in [7, 11) is 0. The van der Waals surface area contributed by atoms with Crippen LogP contribution in [0.5, 0.6) is 0 Å². The van der Waals surface area contributed by atoms with Gasteiger partial charge in [-0.2, -0.15) is 0 Å². The van der Waals surface area contributed by atoms with Gasteiger partial charge in [0.25, 0.3) is 5.91 Å². The Morgan fingerprint density at radius 3 is 2.86 bits per heavy atom. The minimum Gasteiger partial charge on any atom is -0.481 e. The molecule has 0 aromatic carbocycles. The lowest BCUT2D eigenvalue weighted by Crippen LogP contribution is -2.48. The van der Waals surface area contributed by atoms with E-state index in [9.17, 15) is 9.59 Å². The molecule has 1 fully saturated rings. The number of primary amides is 1. The lowest BCUT2D eigenvalue weighted by Gasteiger charge is -2.36. The van der Waals surface area contributed by atoms with Crippen LogP contribution < -0.4 is 10.6 Å². The Bertz CT molecular complexity index is 574. The van der Waals surface area contributed by atoms with Crippen LogP contribution in [0.4, 0.5) is 5.82 Å². The van der Waals surface area contributed by atoms with Crippen molar-refractivity contribution < 1.29 is 19.4 Å². The maximum absolute atomic E-state index is 11.7. The van der Waals surface area contributed by atoms with Crippen molar-refractivity contribution in [2.45, 2.75) is 26.3 Å². The van der Waals surface area contributed by atoms with Crippen molar-refractivity contribution in [2.24, 2.45) is 5.73 Å². The number of nitrogens with two attached hydrogens (primary N) is 1. The Morgan fingerprint density at radius 2 is 2.24 bits per heavy atom. The molecule has 1 saturated heterocycles. The van der Waals surface area contributed by atoms with Gasteiger partial charge in [0.15, 0.2) is 0 Å².